The number of amides is 7. The number of nitrogens with two attached hydrogens (primary N) is 1. The number of benzene rings is 2. The van der Waals surface area contributed by atoms with E-state index in [9.17, 15) is 38.4 Å². The van der Waals surface area contributed by atoms with Crippen LogP contribution in [-0.4, -0.2) is 97.0 Å². The Bertz CT molecular complexity index is 1670. The number of rotatable bonds is 23. The fraction of sp³-hybridized carbons (Fsp3) is 0.512. The molecule has 7 amide bonds. The third-order valence-electron chi connectivity index (χ3n) is 9.29. The van der Waals surface area contributed by atoms with Crippen molar-refractivity contribution in [3.63, 3.8) is 0 Å². The summed E-state index contributed by atoms with van der Waals surface area (Å²) in [6, 6.07) is 11.1. The summed E-state index contributed by atoms with van der Waals surface area (Å²) in [4.78, 5) is 105. The van der Waals surface area contributed by atoms with Crippen molar-refractivity contribution < 1.29 is 38.4 Å². The van der Waals surface area contributed by atoms with Crippen molar-refractivity contribution >= 4 is 47.6 Å². The third kappa shape index (κ3) is 16.2. The summed E-state index contributed by atoms with van der Waals surface area (Å²) in [5.41, 5.74) is 6.88. The standard InChI is InChI=1S/C41H58N8O8/c1-25(2)20-30(36(52)44-18-19-50)45-39(55)32(22-27-12-7-5-8-13-27)48-41(57)34(24-35(42)51)49-40(56)33(23-28-14-9-6-10-15-28)47-38(54)31(21-26(3)4)46-37(53)29-16-11-17-43-29/h5-10,12-15,19,25-26,29-34,43H,11,16-18,20-24H2,1-4H3,(H2,42,51)(H,44,52)(H,45,55)(H,46,53)(H,47,54)(H,48,57)(H,49,56)/t29-,30-,31-,32-,33-,34-/m0/s1. The largest absolute Gasteiger partial charge is 0.370 e. The highest BCUT2D eigenvalue weighted by Crippen LogP contribution is 2.12. The molecule has 0 spiro atoms. The maximum absolute atomic E-state index is 14.1. The Morgan fingerprint density at radius 1 is 0.649 bits per heavy atom. The van der Waals surface area contributed by atoms with Crippen LogP contribution in [0, 0.1) is 11.8 Å². The molecule has 0 bridgehead atoms. The lowest BCUT2D eigenvalue weighted by molar-refractivity contribution is -0.136. The van der Waals surface area contributed by atoms with Crippen LogP contribution in [0.2, 0.25) is 0 Å². The molecule has 16 heteroatoms. The molecule has 0 saturated carbocycles. The summed E-state index contributed by atoms with van der Waals surface area (Å²) in [7, 11) is 0. The molecule has 9 N–H and O–H groups in total. The molecule has 1 aliphatic heterocycles. The Labute approximate surface area is 334 Å². The normalized spacial score (nSPS) is 16.3. The first-order valence-corrected chi connectivity index (χ1v) is 19.5. The van der Waals surface area contributed by atoms with Crippen molar-refractivity contribution in [3.8, 4) is 0 Å². The number of hydrogen-bond acceptors (Lipinski definition) is 9. The van der Waals surface area contributed by atoms with Crippen LogP contribution in [0.1, 0.15) is 70.9 Å². The average molecular weight is 791 g/mol. The molecular formula is C41H58N8O8. The van der Waals surface area contributed by atoms with Crippen LogP contribution in [0.5, 0.6) is 0 Å². The SMILES string of the molecule is CC(C)C[C@H](NC(=O)[C@H](Cc1ccccc1)NC(=O)[C@H](CC(N)=O)NC(=O)[C@H](Cc1ccccc1)NC(=O)[C@H](CC(C)C)NC(=O)[C@@H]1CCCN1)C(=O)NCC=O. The van der Waals surface area contributed by atoms with Crippen molar-refractivity contribution in [1.82, 2.24) is 37.2 Å². The topological polar surface area (TPSA) is 247 Å². The van der Waals surface area contributed by atoms with Crippen molar-refractivity contribution in [2.75, 3.05) is 13.1 Å². The molecule has 1 saturated heterocycles. The Kier molecular flexibility index (Phi) is 18.8. The van der Waals surface area contributed by atoms with E-state index in [0.717, 1.165) is 6.42 Å². The molecule has 1 heterocycles. The second-order valence-corrected chi connectivity index (χ2v) is 15.2. The highest BCUT2D eigenvalue weighted by molar-refractivity contribution is 5.98. The number of nitrogens with one attached hydrogen (secondary N) is 7. The number of carbonyl (C=O) groups excluding carboxylic acids is 8. The minimum Gasteiger partial charge on any atom is -0.370 e. The highest BCUT2D eigenvalue weighted by atomic mass is 16.2. The molecule has 6 atom stereocenters. The van der Waals surface area contributed by atoms with Crippen LogP contribution in [0.3, 0.4) is 0 Å². The summed E-state index contributed by atoms with van der Waals surface area (Å²) in [6.07, 6.45) is 1.83. The van der Waals surface area contributed by atoms with Gasteiger partial charge in [0.1, 0.15) is 36.5 Å². The van der Waals surface area contributed by atoms with Gasteiger partial charge in [-0.1, -0.05) is 88.4 Å². The van der Waals surface area contributed by atoms with E-state index in [1.807, 2.05) is 27.7 Å². The van der Waals surface area contributed by atoms with Gasteiger partial charge in [0.05, 0.1) is 19.0 Å². The summed E-state index contributed by atoms with van der Waals surface area (Å²) in [5, 5.41) is 19.0. The lowest BCUT2D eigenvalue weighted by Crippen LogP contribution is -2.60. The molecular weight excluding hydrogens is 732 g/mol. The molecule has 0 radical (unpaired) electrons. The minimum absolute atomic E-state index is 0.00169. The third-order valence-corrected chi connectivity index (χ3v) is 9.29. The van der Waals surface area contributed by atoms with Gasteiger partial charge in [0.25, 0.3) is 0 Å². The van der Waals surface area contributed by atoms with E-state index in [-0.39, 0.29) is 50.0 Å². The average Bonchev–Trinajstić information content (AvgIpc) is 3.71. The fourth-order valence-electron chi connectivity index (χ4n) is 6.47. The number of carbonyl (C=O) groups is 8. The van der Waals surface area contributed by atoms with E-state index >= 15 is 0 Å². The number of hydrogen-bond donors (Lipinski definition) is 8. The Morgan fingerprint density at radius 2 is 1.09 bits per heavy atom. The van der Waals surface area contributed by atoms with Gasteiger partial charge < -0.3 is 47.7 Å². The first-order valence-electron chi connectivity index (χ1n) is 19.5. The molecule has 3 rings (SSSR count). The van der Waals surface area contributed by atoms with E-state index < -0.39 is 78.1 Å². The Hall–Kier alpha value is -5.64. The monoisotopic (exact) mass is 790 g/mol. The predicted octanol–water partition coefficient (Wildman–Crippen LogP) is -0.0695. The van der Waals surface area contributed by atoms with Gasteiger partial charge in [-0.25, -0.2) is 0 Å². The van der Waals surface area contributed by atoms with Gasteiger partial charge in [-0.2, -0.15) is 0 Å². The first kappa shape index (κ1) is 45.7. The maximum Gasteiger partial charge on any atom is 0.243 e. The van der Waals surface area contributed by atoms with Crippen LogP contribution < -0.4 is 43.0 Å². The van der Waals surface area contributed by atoms with Gasteiger partial charge in [0, 0.05) is 12.8 Å². The van der Waals surface area contributed by atoms with E-state index in [4.69, 9.17) is 5.73 Å². The predicted molar refractivity (Wildman–Crippen MR) is 213 cm³/mol. The zero-order valence-electron chi connectivity index (χ0n) is 33.2. The molecule has 2 aromatic carbocycles. The van der Waals surface area contributed by atoms with Crippen LogP contribution in [0.25, 0.3) is 0 Å². The van der Waals surface area contributed by atoms with Gasteiger partial charge in [0.15, 0.2) is 0 Å². The minimum atomic E-state index is -1.57. The quantitative estimate of drug-likeness (QED) is 0.0702. The summed E-state index contributed by atoms with van der Waals surface area (Å²) in [6.45, 7) is 7.95. The van der Waals surface area contributed by atoms with Crippen LogP contribution in [0.15, 0.2) is 60.7 Å². The first-order chi connectivity index (χ1) is 27.2. The highest BCUT2D eigenvalue weighted by Gasteiger charge is 2.34. The van der Waals surface area contributed by atoms with E-state index in [0.29, 0.717) is 30.4 Å². The maximum atomic E-state index is 14.1. The molecule has 1 fully saturated rings. The van der Waals surface area contributed by atoms with Crippen LogP contribution >= 0.6 is 0 Å². The van der Waals surface area contributed by atoms with E-state index in [1.54, 1.807) is 60.7 Å². The second-order valence-electron chi connectivity index (χ2n) is 15.2. The van der Waals surface area contributed by atoms with Crippen molar-refractivity contribution in [2.45, 2.75) is 109 Å². The number of primary amides is 1. The fourth-order valence-corrected chi connectivity index (χ4v) is 6.47. The molecule has 0 aromatic heterocycles. The molecule has 1 aliphatic rings. The summed E-state index contributed by atoms with van der Waals surface area (Å²) >= 11 is 0. The van der Waals surface area contributed by atoms with Crippen molar-refractivity contribution in [1.29, 1.82) is 0 Å². The van der Waals surface area contributed by atoms with Crippen LogP contribution in [-0.2, 0) is 51.2 Å². The zero-order chi connectivity index (χ0) is 41.9. The zero-order valence-corrected chi connectivity index (χ0v) is 33.2. The Morgan fingerprint density at radius 3 is 1.53 bits per heavy atom. The van der Waals surface area contributed by atoms with Crippen molar-refractivity contribution in [2.24, 2.45) is 17.6 Å². The lowest BCUT2D eigenvalue weighted by Gasteiger charge is -2.28. The molecule has 16 nitrogen and oxygen atoms in total. The smallest absolute Gasteiger partial charge is 0.243 e. The summed E-state index contributed by atoms with van der Waals surface area (Å²) < 4.78 is 0. The van der Waals surface area contributed by atoms with Gasteiger partial charge in [-0.05, 0) is 55.2 Å². The number of aldehydes is 1. The molecule has 57 heavy (non-hydrogen) atoms. The molecule has 0 unspecified atom stereocenters. The molecule has 2 aromatic rings. The summed E-state index contributed by atoms with van der Waals surface area (Å²) in [5.74, 6) is -4.89. The van der Waals surface area contributed by atoms with Gasteiger partial charge >= 0.3 is 0 Å². The Balaban J connectivity index is 1.88. The van der Waals surface area contributed by atoms with Crippen LogP contribution in [0.4, 0.5) is 0 Å². The van der Waals surface area contributed by atoms with Gasteiger partial charge in [0.2, 0.25) is 41.4 Å². The van der Waals surface area contributed by atoms with Gasteiger partial charge in [-0.15, -0.1) is 0 Å². The lowest BCUT2D eigenvalue weighted by atomic mass is 10.00. The van der Waals surface area contributed by atoms with E-state index in [2.05, 4.69) is 37.2 Å². The second kappa shape index (κ2) is 23.4. The van der Waals surface area contributed by atoms with E-state index in [1.165, 1.54) is 0 Å². The van der Waals surface area contributed by atoms with Crippen molar-refractivity contribution in [3.05, 3.63) is 71.8 Å². The molecule has 310 valence electrons. The molecule has 0 aliphatic carbocycles. The van der Waals surface area contributed by atoms with Gasteiger partial charge in [-0.3, -0.25) is 33.6 Å².